The molecule has 1 N–H and O–H groups in total. The SMILES string of the molecule is Cc1ccc(C(F)C2CCCCN2)cc1Cl. The molecule has 1 nitrogen and oxygen atoms in total. The fraction of sp³-hybridized carbons (Fsp3) is 0.538. The third-order valence-electron chi connectivity index (χ3n) is 3.22. The molecule has 0 radical (unpaired) electrons. The second-order valence-corrected chi connectivity index (χ2v) is 4.87. The van der Waals surface area contributed by atoms with Gasteiger partial charge in [-0.05, 0) is 43.5 Å². The maximum Gasteiger partial charge on any atom is 0.140 e. The number of benzene rings is 1. The summed E-state index contributed by atoms with van der Waals surface area (Å²) in [4.78, 5) is 0. The summed E-state index contributed by atoms with van der Waals surface area (Å²) in [6.45, 7) is 2.85. The van der Waals surface area contributed by atoms with Gasteiger partial charge < -0.3 is 5.32 Å². The highest BCUT2D eigenvalue weighted by Crippen LogP contribution is 2.29. The van der Waals surface area contributed by atoms with Crippen molar-refractivity contribution in [2.75, 3.05) is 6.54 Å². The van der Waals surface area contributed by atoms with Crippen molar-refractivity contribution in [3.05, 3.63) is 34.3 Å². The van der Waals surface area contributed by atoms with E-state index in [1.54, 1.807) is 6.07 Å². The number of halogens is 2. The minimum absolute atomic E-state index is 0.0486. The fourth-order valence-corrected chi connectivity index (χ4v) is 2.33. The second-order valence-electron chi connectivity index (χ2n) is 4.47. The Morgan fingerprint density at radius 1 is 1.44 bits per heavy atom. The van der Waals surface area contributed by atoms with E-state index < -0.39 is 6.17 Å². The molecule has 0 saturated carbocycles. The molecular weight excluding hydrogens is 225 g/mol. The predicted molar refractivity (Wildman–Crippen MR) is 65.7 cm³/mol. The van der Waals surface area contributed by atoms with Gasteiger partial charge in [0.2, 0.25) is 0 Å². The maximum atomic E-state index is 14.2. The van der Waals surface area contributed by atoms with E-state index in [2.05, 4.69) is 5.32 Å². The summed E-state index contributed by atoms with van der Waals surface area (Å²) in [6.07, 6.45) is 2.22. The van der Waals surface area contributed by atoms with Crippen LogP contribution in [0, 0.1) is 6.92 Å². The molecule has 0 bridgehead atoms. The van der Waals surface area contributed by atoms with Gasteiger partial charge in [-0.15, -0.1) is 0 Å². The third kappa shape index (κ3) is 2.55. The van der Waals surface area contributed by atoms with E-state index in [1.807, 2.05) is 19.1 Å². The van der Waals surface area contributed by atoms with Crippen molar-refractivity contribution in [3.8, 4) is 0 Å². The molecule has 2 rings (SSSR count). The highest BCUT2D eigenvalue weighted by Gasteiger charge is 2.24. The summed E-state index contributed by atoms with van der Waals surface area (Å²) >= 11 is 6.01. The number of hydrogen-bond donors (Lipinski definition) is 1. The number of rotatable bonds is 2. The van der Waals surface area contributed by atoms with Crippen molar-refractivity contribution >= 4 is 11.6 Å². The van der Waals surface area contributed by atoms with E-state index in [0.29, 0.717) is 10.6 Å². The Bertz CT molecular complexity index is 361. The monoisotopic (exact) mass is 241 g/mol. The fourth-order valence-electron chi connectivity index (χ4n) is 2.14. The lowest BCUT2D eigenvalue weighted by atomic mass is 9.95. The lowest BCUT2D eigenvalue weighted by Crippen LogP contribution is -2.37. The van der Waals surface area contributed by atoms with Gasteiger partial charge in [0.1, 0.15) is 6.17 Å². The van der Waals surface area contributed by atoms with Crippen molar-refractivity contribution in [2.45, 2.75) is 38.4 Å². The zero-order valence-electron chi connectivity index (χ0n) is 9.47. The van der Waals surface area contributed by atoms with Gasteiger partial charge in [0.05, 0.1) is 0 Å². The predicted octanol–water partition coefficient (Wildman–Crippen LogP) is 3.80. The molecular formula is C13H17ClFN. The first kappa shape index (κ1) is 11.9. The van der Waals surface area contributed by atoms with Crippen LogP contribution in [0.4, 0.5) is 4.39 Å². The Balaban J connectivity index is 2.12. The summed E-state index contributed by atoms with van der Waals surface area (Å²) in [5.41, 5.74) is 1.68. The molecule has 1 aromatic rings. The van der Waals surface area contributed by atoms with Crippen LogP contribution in [-0.2, 0) is 0 Å². The first-order chi connectivity index (χ1) is 7.68. The number of alkyl halides is 1. The van der Waals surface area contributed by atoms with Gasteiger partial charge in [-0.25, -0.2) is 4.39 Å². The van der Waals surface area contributed by atoms with E-state index in [-0.39, 0.29) is 6.04 Å². The van der Waals surface area contributed by atoms with Gasteiger partial charge in [-0.3, -0.25) is 0 Å². The number of aryl methyl sites for hydroxylation is 1. The highest BCUT2D eigenvalue weighted by molar-refractivity contribution is 6.31. The van der Waals surface area contributed by atoms with Crippen LogP contribution >= 0.6 is 11.6 Å². The van der Waals surface area contributed by atoms with Gasteiger partial charge >= 0.3 is 0 Å². The molecule has 16 heavy (non-hydrogen) atoms. The molecule has 0 aliphatic carbocycles. The maximum absolute atomic E-state index is 14.2. The van der Waals surface area contributed by atoms with Crippen LogP contribution in [0.25, 0.3) is 0 Å². The molecule has 1 saturated heterocycles. The molecule has 1 aliphatic heterocycles. The second kappa shape index (κ2) is 5.15. The Kier molecular flexibility index (Phi) is 3.82. The van der Waals surface area contributed by atoms with Crippen LogP contribution in [0.5, 0.6) is 0 Å². The van der Waals surface area contributed by atoms with Crippen LogP contribution in [0.15, 0.2) is 18.2 Å². The van der Waals surface area contributed by atoms with Crippen LogP contribution < -0.4 is 5.32 Å². The minimum atomic E-state index is -0.946. The molecule has 2 atom stereocenters. The lowest BCUT2D eigenvalue weighted by Gasteiger charge is -2.26. The summed E-state index contributed by atoms with van der Waals surface area (Å²) < 4.78 is 14.2. The first-order valence-corrected chi connectivity index (χ1v) is 6.20. The lowest BCUT2D eigenvalue weighted by molar-refractivity contribution is 0.221. The summed E-state index contributed by atoms with van der Waals surface area (Å²) in [5, 5.41) is 3.88. The average Bonchev–Trinajstić information content (AvgIpc) is 2.33. The van der Waals surface area contributed by atoms with Crippen molar-refractivity contribution < 1.29 is 4.39 Å². The largest absolute Gasteiger partial charge is 0.311 e. The van der Waals surface area contributed by atoms with Crippen molar-refractivity contribution in [1.29, 1.82) is 0 Å². The Morgan fingerprint density at radius 2 is 2.25 bits per heavy atom. The van der Waals surface area contributed by atoms with Crippen molar-refractivity contribution in [3.63, 3.8) is 0 Å². The Morgan fingerprint density at radius 3 is 2.88 bits per heavy atom. The molecule has 0 spiro atoms. The topological polar surface area (TPSA) is 12.0 Å². The van der Waals surface area contributed by atoms with Crippen LogP contribution in [0.3, 0.4) is 0 Å². The van der Waals surface area contributed by atoms with Gasteiger partial charge in [0, 0.05) is 11.1 Å². The molecule has 2 unspecified atom stereocenters. The van der Waals surface area contributed by atoms with E-state index >= 15 is 0 Å². The molecule has 0 amide bonds. The zero-order valence-corrected chi connectivity index (χ0v) is 10.2. The molecule has 0 aromatic heterocycles. The van der Waals surface area contributed by atoms with Gasteiger partial charge in [0.15, 0.2) is 0 Å². The van der Waals surface area contributed by atoms with E-state index in [4.69, 9.17) is 11.6 Å². The van der Waals surface area contributed by atoms with Crippen LogP contribution in [0.2, 0.25) is 5.02 Å². The molecule has 1 fully saturated rings. The number of hydrogen-bond acceptors (Lipinski definition) is 1. The molecule has 1 aliphatic rings. The molecule has 1 heterocycles. The number of piperidine rings is 1. The van der Waals surface area contributed by atoms with Gasteiger partial charge in [-0.1, -0.05) is 30.2 Å². The first-order valence-electron chi connectivity index (χ1n) is 5.82. The molecule has 3 heteroatoms. The zero-order chi connectivity index (χ0) is 11.5. The normalized spacial score (nSPS) is 23.1. The molecule has 88 valence electrons. The minimum Gasteiger partial charge on any atom is -0.311 e. The Hall–Kier alpha value is -0.600. The number of nitrogens with one attached hydrogen (secondary N) is 1. The van der Waals surface area contributed by atoms with Gasteiger partial charge in [-0.2, -0.15) is 0 Å². The van der Waals surface area contributed by atoms with Crippen molar-refractivity contribution in [2.24, 2.45) is 0 Å². The average molecular weight is 242 g/mol. The van der Waals surface area contributed by atoms with E-state index in [0.717, 1.165) is 31.4 Å². The van der Waals surface area contributed by atoms with E-state index in [9.17, 15) is 4.39 Å². The summed E-state index contributed by atoms with van der Waals surface area (Å²) in [5.74, 6) is 0. The third-order valence-corrected chi connectivity index (χ3v) is 3.62. The Labute approximate surface area is 101 Å². The van der Waals surface area contributed by atoms with Crippen LogP contribution in [-0.4, -0.2) is 12.6 Å². The quantitative estimate of drug-likeness (QED) is 0.831. The summed E-state index contributed by atoms with van der Waals surface area (Å²) in [7, 11) is 0. The smallest absolute Gasteiger partial charge is 0.140 e. The van der Waals surface area contributed by atoms with E-state index in [1.165, 1.54) is 0 Å². The summed E-state index contributed by atoms with van der Waals surface area (Å²) in [6, 6.07) is 5.42. The molecule has 1 aromatic carbocycles. The van der Waals surface area contributed by atoms with Crippen LogP contribution in [0.1, 0.15) is 36.6 Å². The van der Waals surface area contributed by atoms with Crippen molar-refractivity contribution in [1.82, 2.24) is 5.32 Å². The highest BCUT2D eigenvalue weighted by atomic mass is 35.5. The standard InChI is InChI=1S/C13H17ClFN/c1-9-5-6-10(8-11(9)14)13(15)12-4-2-3-7-16-12/h5-6,8,12-13,16H,2-4,7H2,1H3. The van der Waals surface area contributed by atoms with Gasteiger partial charge in [0.25, 0.3) is 0 Å².